The van der Waals surface area contributed by atoms with Crippen LogP contribution in [0.25, 0.3) is 0 Å². The van der Waals surface area contributed by atoms with E-state index in [-0.39, 0.29) is 23.1 Å². The number of urea groups is 1. The highest BCUT2D eigenvalue weighted by atomic mass is 35.5. The monoisotopic (exact) mass is 312 g/mol. The first-order valence-electron chi connectivity index (χ1n) is 6.74. The third kappa shape index (κ3) is 2.44. The fraction of sp³-hybridized carbons (Fsp3) is 0.429. The molecule has 0 spiro atoms. The maximum Gasteiger partial charge on any atom is 0.322 e. The number of nitrogens with zero attached hydrogens (tertiary/aromatic N) is 1. The first-order valence-corrected chi connectivity index (χ1v) is 7.12. The van der Waals surface area contributed by atoms with Gasteiger partial charge in [-0.15, -0.1) is 0 Å². The van der Waals surface area contributed by atoms with Crippen LogP contribution in [0.15, 0.2) is 18.2 Å². The molecule has 2 fully saturated rings. The molecular formula is C14H14ClFN2O3. The second kappa shape index (κ2) is 5.18. The fourth-order valence-corrected chi connectivity index (χ4v) is 3.56. The van der Waals surface area contributed by atoms with Gasteiger partial charge in [-0.05, 0) is 37.5 Å². The van der Waals surface area contributed by atoms with E-state index < -0.39 is 17.7 Å². The predicted octanol–water partition coefficient (Wildman–Crippen LogP) is 2.95. The average Bonchev–Trinajstić information content (AvgIpc) is 2.99. The number of hydrogen-bond acceptors (Lipinski definition) is 2. The molecule has 3 rings (SSSR count). The molecule has 112 valence electrons. The Morgan fingerprint density at radius 3 is 2.76 bits per heavy atom. The summed E-state index contributed by atoms with van der Waals surface area (Å²) in [5, 5.41) is 11.9. The molecule has 2 saturated heterocycles. The van der Waals surface area contributed by atoms with Crippen LogP contribution in [0.4, 0.5) is 14.9 Å². The first kappa shape index (κ1) is 14.1. The maximum absolute atomic E-state index is 13.0. The average molecular weight is 313 g/mol. The number of fused-ring (bicyclic) bond motifs is 2. The Morgan fingerprint density at radius 2 is 2.14 bits per heavy atom. The van der Waals surface area contributed by atoms with E-state index in [0.29, 0.717) is 18.5 Å². The van der Waals surface area contributed by atoms with Crippen molar-refractivity contribution in [1.82, 2.24) is 4.90 Å². The van der Waals surface area contributed by atoms with Crippen LogP contribution in [0.5, 0.6) is 0 Å². The molecule has 0 aliphatic carbocycles. The van der Waals surface area contributed by atoms with E-state index in [0.717, 1.165) is 12.5 Å². The van der Waals surface area contributed by atoms with Gasteiger partial charge in [-0.25, -0.2) is 9.18 Å². The zero-order valence-corrected chi connectivity index (χ0v) is 11.8. The van der Waals surface area contributed by atoms with Gasteiger partial charge in [-0.2, -0.15) is 0 Å². The highest BCUT2D eigenvalue weighted by molar-refractivity contribution is 6.33. The number of anilines is 1. The van der Waals surface area contributed by atoms with Crippen molar-refractivity contribution in [3.8, 4) is 0 Å². The minimum absolute atomic E-state index is 0.0460. The Kier molecular flexibility index (Phi) is 3.49. The molecule has 1 aromatic carbocycles. The Labute approximate surface area is 125 Å². The smallest absolute Gasteiger partial charge is 0.322 e. The molecule has 2 aliphatic rings. The number of carbonyl (C=O) groups is 2. The Hall–Kier alpha value is -1.82. The van der Waals surface area contributed by atoms with Crippen molar-refractivity contribution in [1.29, 1.82) is 0 Å². The van der Waals surface area contributed by atoms with Crippen molar-refractivity contribution in [3.63, 3.8) is 0 Å². The van der Waals surface area contributed by atoms with Crippen LogP contribution in [-0.4, -0.2) is 34.1 Å². The Bertz CT molecular complexity index is 610. The second-order valence-corrected chi connectivity index (χ2v) is 5.85. The Balaban J connectivity index is 1.76. The molecular weight excluding hydrogens is 299 g/mol. The number of amides is 2. The van der Waals surface area contributed by atoms with Crippen molar-refractivity contribution in [3.05, 3.63) is 29.0 Å². The zero-order chi connectivity index (χ0) is 15.1. The number of nitrogens with one attached hydrogen (secondary N) is 1. The first-order chi connectivity index (χ1) is 9.97. The number of halogens is 2. The van der Waals surface area contributed by atoms with Crippen LogP contribution in [0.3, 0.4) is 0 Å². The molecule has 3 atom stereocenters. The van der Waals surface area contributed by atoms with Crippen LogP contribution in [0, 0.1) is 11.7 Å². The third-order valence-electron chi connectivity index (χ3n) is 4.26. The van der Waals surface area contributed by atoms with Crippen LogP contribution in [0.1, 0.15) is 19.3 Å². The SMILES string of the molecule is O=C(O)C1CC2CCC1N2C(=O)Nc1ccc(F)cc1Cl. The lowest BCUT2D eigenvalue weighted by Gasteiger charge is -2.23. The number of rotatable bonds is 2. The van der Waals surface area contributed by atoms with Gasteiger partial charge in [-0.3, -0.25) is 4.79 Å². The molecule has 0 aromatic heterocycles. The molecule has 5 nitrogen and oxygen atoms in total. The largest absolute Gasteiger partial charge is 0.481 e. The van der Waals surface area contributed by atoms with E-state index in [9.17, 15) is 19.1 Å². The van der Waals surface area contributed by atoms with Gasteiger partial charge >= 0.3 is 12.0 Å². The van der Waals surface area contributed by atoms with Crippen LogP contribution in [-0.2, 0) is 4.79 Å². The van der Waals surface area contributed by atoms with Gasteiger partial charge in [0.1, 0.15) is 5.82 Å². The summed E-state index contributed by atoms with van der Waals surface area (Å²) in [6, 6.07) is 3.03. The number of carboxylic acid groups (broad SMARTS) is 1. The minimum atomic E-state index is -0.861. The van der Waals surface area contributed by atoms with Gasteiger partial charge in [0.2, 0.25) is 0 Å². The maximum atomic E-state index is 13.0. The van der Waals surface area contributed by atoms with Gasteiger partial charge in [0.05, 0.1) is 16.6 Å². The third-order valence-corrected chi connectivity index (χ3v) is 4.57. The second-order valence-electron chi connectivity index (χ2n) is 5.44. The molecule has 2 heterocycles. The summed E-state index contributed by atoms with van der Waals surface area (Å²) in [5.74, 6) is -1.84. The lowest BCUT2D eigenvalue weighted by Crippen LogP contribution is -2.40. The summed E-state index contributed by atoms with van der Waals surface area (Å²) >= 11 is 5.88. The van der Waals surface area contributed by atoms with E-state index in [2.05, 4.69) is 5.32 Å². The molecule has 0 saturated carbocycles. The van der Waals surface area contributed by atoms with Gasteiger partial charge < -0.3 is 15.3 Å². The van der Waals surface area contributed by atoms with Gasteiger partial charge in [0, 0.05) is 12.1 Å². The highest BCUT2D eigenvalue weighted by Gasteiger charge is 2.51. The number of hydrogen-bond donors (Lipinski definition) is 2. The van der Waals surface area contributed by atoms with Crippen LogP contribution in [0.2, 0.25) is 5.02 Å². The van der Waals surface area contributed by atoms with Gasteiger partial charge in [0.15, 0.2) is 0 Å². The van der Waals surface area contributed by atoms with E-state index in [4.69, 9.17) is 11.6 Å². The van der Waals surface area contributed by atoms with E-state index >= 15 is 0 Å². The minimum Gasteiger partial charge on any atom is -0.481 e. The van der Waals surface area contributed by atoms with Crippen molar-refractivity contribution >= 4 is 29.3 Å². The predicted molar refractivity (Wildman–Crippen MR) is 74.8 cm³/mol. The lowest BCUT2D eigenvalue weighted by atomic mass is 9.89. The van der Waals surface area contributed by atoms with E-state index in [1.54, 1.807) is 4.90 Å². The summed E-state index contributed by atoms with van der Waals surface area (Å²) in [6.45, 7) is 0. The van der Waals surface area contributed by atoms with Crippen molar-refractivity contribution in [2.24, 2.45) is 5.92 Å². The molecule has 21 heavy (non-hydrogen) atoms. The number of benzene rings is 1. The molecule has 2 aliphatic heterocycles. The van der Waals surface area contributed by atoms with Gasteiger partial charge in [0.25, 0.3) is 0 Å². The van der Waals surface area contributed by atoms with Gasteiger partial charge in [-0.1, -0.05) is 11.6 Å². The van der Waals surface area contributed by atoms with Crippen molar-refractivity contribution in [2.45, 2.75) is 31.3 Å². The summed E-state index contributed by atoms with van der Waals surface area (Å²) in [6.07, 6.45) is 2.01. The fourth-order valence-electron chi connectivity index (χ4n) is 3.34. The van der Waals surface area contributed by atoms with Crippen LogP contribution >= 0.6 is 11.6 Å². The quantitative estimate of drug-likeness (QED) is 0.882. The molecule has 1 aromatic rings. The van der Waals surface area contributed by atoms with E-state index in [1.165, 1.54) is 12.1 Å². The van der Waals surface area contributed by atoms with Crippen molar-refractivity contribution < 1.29 is 19.1 Å². The zero-order valence-electron chi connectivity index (χ0n) is 11.1. The standard InChI is InChI=1S/C14H14ClFN2O3/c15-10-5-7(16)1-3-11(10)17-14(21)18-8-2-4-12(18)9(6-8)13(19)20/h1,3,5,8-9,12H,2,4,6H2,(H,17,21)(H,19,20). The number of carbonyl (C=O) groups excluding carboxylic acids is 1. The number of aliphatic carboxylic acids is 1. The Morgan fingerprint density at radius 1 is 1.38 bits per heavy atom. The normalized spacial score (nSPS) is 27.0. The van der Waals surface area contributed by atoms with Crippen molar-refractivity contribution in [2.75, 3.05) is 5.32 Å². The topological polar surface area (TPSA) is 69.6 Å². The molecule has 7 heteroatoms. The highest BCUT2D eigenvalue weighted by Crippen LogP contribution is 2.42. The summed E-state index contributed by atoms with van der Waals surface area (Å²) in [7, 11) is 0. The number of carboxylic acids is 1. The molecule has 2 amide bonds. The molecule has 2 N–H and O–H groups in total. The molecule has 2 bridgehead atoms. The summed E-state index contributed by atoms with van der Waals surface area (Å²) in [4.78, 5) is 25.1. The molecule has 0 radical (unpaired) electrons. The van der Waals surface area contributed by atoms with Crippen LogP contribution < -0.4 is 5.32 Å². The summed E-state index contributed by atoms with van der Waals surface area (Å²) < 4.78 is 13.0. The van der Waals surface area contributed by atoms with E-state index in [1.807, 2.05) is 0 Å². The lowest BCUT2D eigenvalue weighted by molar-refractivity contribution is -0.142. The molecule has 3 unspecified atom stereocenters. The summed E-state index contributed by atoms with van der Waals surface area (Å²) in [5.41, 5.74) is 0.321.